The summed E-state index contributed by atoms with van der Waals surface area (Å²) in [6.45, 7) is 7.80. The number of hydrogen-bond donors (Lipinski definition) is 1. The van der Waals surface area contributed by atoms with E-state index in [0.29, 0.717) is 6.04 Å². The van der Waals surface area contributed by atoms with Crippen molar-refractivity contribution in [1.82, 2.24) is 9.80 Å². The molecule has 0 aliphatic carbocycles. The van der Waals surface area contributed by atoms with Gasteiger partial charge in [-0.25, -0.2) is 0 Å². The molecule has 0 radical (unpaired) electrons. The van der Waals surface area contributed by atoms with Gasteiger partial charge in [-0.3, -0.25) is 4.90 Å². The third kappa shape index (κ3) is 3.16. The largest absolute Gasteiger partial charge is 0.390 e. The number of likely N-dealkylation sites (tertiary alicyclic amines) is 2. The zero-order chi connectivity index (χ0) is 10.7. The molecule has 0 saturated carbocycles. The number of aliphatic hydroxyl groups is 1. The van der Waals surface area contributed by atoms with Crippen LogP contribution in [-0.2, 0) is 0 Å². The van der Waals surface area contributed by atoms with Crippen LogP contribution in [-0.4, -0.2) is 59.8 Å². The van der Waals surface area contributed by atoms with Gasteiger partial charge in [0.1, 0.15) is 0 Å². The van der Waals surface area contributed by atoms with Gasteiger partial charge >= 0.3 is 0 Å². The standard InChI is InChI=1S/C12H24N2O/c1-11(14-9-12(15)10-14)8-13-6-4-2-3-5-7-13/h11-12,15H,2-10H2,1H3. The smallest absolute Gasteiger partial charge is 0.0794 e. The third-order valence-corrected chi connectivity index (χ3v) is 3.73. The second kappa shape index (κ2) is 5.28. The summed E-state index contributed by atoms with van der Waals surface area (Å²) < 4.78 is 0. The highest BCUT2D eigenvalue weighted by atomic mass is 16.3. The third-order valence-electron chi connectivity index (χ3n) is 3.73. The van der Waals surface area contributed by atoms with Crippen LogP contribution in [0.2, 0.25) is 0 Å². The van der Waals surface area contributed by atoms with E-state index < -0.39 is 0 Å². The van der Waals surface area contributed by atoms with E-state index in [1.807, 2.05) is 0 Å². The van der Waals surface area contributed by atoms with E-state index in [2.05, 4.69) is 16.7 Å². The van der Waals surface area contributed by atoms with Crippen molar-refractivity contribution in [1.29, 1.82) is 0 Å². The van der Waals surface area contributed by atoms with Gasteiger partial charge in [0.05, 0.1) is 6.10 Å². The lowest BCUT2D eigenvalue weighted by Crippen LogP contribution is -2.57. The van der Waals surface area contributed by atoms with Gasteiger partial charge in [0, 0.05) is 25.7 Å². The minimum Gasteiger partial charge on any atom is -0.390 e. The maximum absolute atomic E-state index is 9.26. The average Bonchev–Trinajstić information content (AvgIpc) is 2.41. The van der Waals surface area contributed by atoms with E-state index >= 15 is 0 Å². The van der Waals surface area contributed by atoms with E-state index in [1.54, 1.807) is 0 Å². The van der Waals surface area contributed by atoms with Crippen molar-refractivity contribution in [3.8, 4) is 0 Å². The lowest BCUT2D eigenvalue weighted by molar-refractivity contribution is -0.0276. The van der Waals surface area contributed by atoms with Crippen molar-refractivity contribution in [2.45, 2.75) is 44.8 Å². The Morgan fingerprint density at radius 3 is 2.27 bits per heavy atom. The molecule has 1 atom stereocenters. The molecule has 3 nitrogen and oxygen atoms in total. The van der Waals surface area contributed by atoms with Gasteiger partial charge in [0.2, 0.25) is 0 Å². The van der Waals surface area contributed by atoms with Crippen LogP contribution in [0.15, 0.2) is 0 Å². The quantitative estimate of drug-likeness (QED) is 0.754. The van der Waals surface area contributed by atoms with E-state index in [1.165, 1.54) is 45.3 Å². The molecular weight excluding hydrogens is 188 g/mol. The Labute approximate surface area is 93.1 Å². The molecule has 0 aromatic carbocycles. The Morgan fingerprint density at radius 1 is 1.13 bits per heavy atom. The van der Waals surface area contributed by atoms with Crippen LogP contribution in [0.1, 0.15) is 32.6 Å². The number of hydrogen-bond acceptors (Lipinski definition) is 3. The minimum absolute atomic E-state index is 0.0587. The fourth-order valence-corrected chi connectivity index (χ4v) is 2.66. The highest BCUT2D eigenvalue weighted by molar-refractivity contribution is 4.84. The molecule has 1 unspecified atom stereocenters. The predicted octanol–water partition coefficient (Wildman–Crippen LogP) is 0.927. The Hall–Kier alpha value is -0.120. The highest BCUT2D eigenvalue weighted by Gasteiger charge is 2.29. The summed E-state index contributed by atoms with van der Waals surface area (Å²) in [4.78, 5) is 4.98. The summed E-state index contributed by atoms with van der Waals surface area (Å²) in [5, 5.41) is 9.26. The normalized spacial score (nSPS) is 28.4. The molecule has 15 heavy (non-hydrogen) atoms. The molecule has 0 aromatic rings. The monoisotopic (exact) mass is 212 g/mol. The zero-order valence-corrected chi connectivity index (χ0v) is 9.86. The molecule has 0 spiro atoms. The fourth-order valence-electron chi connectivity index (χ4n) is 2.66. The Morgan fingerprint density at radius 2 is 1.73 bits per heavy atom. The van der Waals surface area contributed by atoms with Crippen LogP contribution >= 0.6 is 0 Å². The highest BCUT2D eigenvalue weighted by Crippen LogP contribution is 2.15. The first-order chi connectivity index (χ1) is 7.25. The van der Waals surface area contributed by atoms with Gasteiger partial charge in [-0.15, -0.1) is 0 Å². The summed E-state index contributed by atoms with van der Waals surface area (Å²) in [6.07, 6.45) is 5.50. The van der Waals surface area contributed by atoms with Crippen molar-refractivity contribution in [2.24, 2.45) is 0 Å². The van der Waals surface area contributed by atoms with E-state index in [-0.39, 0.29) is 6.10 Å². The summed E-state index contributed by atoms with van der Waals surface area (Å²) >= 11 is 0. The van der Waals surface area contributed by atoms with Crippen LogP contribution in [0.4, 0.5) is 0 Å². The Kier molecular flexibility index (Phi) is 4.00. The molecule has 88 valence electrons. The van der Waals surface area contributed by atoms with Gasteiger partial charge < -0.3 is 10.0 Å². The summed E-state index contributed by atoms with van der Waals surface area (Å²) in [5.74, 6) is 0. The maximum atomic E-state index is 9.26. The van der Waals surface area contributed by atoms with Gasteiger partial charge in [-0.1, -0.05) is 12.8 Å². The molecule has 1 N–H and O–H groups in total. The first-order valence-electron chi connectivity index (χ1n) is 6.40. The Balaban J connectivity index is 1.70. The molecule has 0 amide bonds. The average molecular weight is 212 g/mol. The summed E-state index contributed by atoms with van der Waals surface area (Å²) in [5.41, 5.74) is 0. The number of rotatable bonds is 3. The molecule has 0 aromatic heterocycles. The predicted molar refractivity (Wildman–Crippen MR) is 61.9 cm³/mol. The molecule has 2 heterocycles. The summed E-state index contributed by atoms with van der Waals surface area (Å²) in [7, 11) is 0. The topological polar surface area (TPSA) is 26.7 Å². The lowest BCUT2D eigenvalue weighted by atomic mass is 10.1. The maximum Gasteiger partial charge on any atom is 0.0794 e. The van der Waals surface area contributed by atoms with Gasteiger partial charge in [0.25, 0.3) is 0 Å². The van der Waals surface area contributed by atoms with Gasteiger partial charge in [-0.2, -0.15) is 0 Å². The molecular formula is C12H24N2O. The zero-order valence-electron chi connectivity index (χ0n) is 9.86. The lowest BCUT2D eigenvalue weighted by Gasteiger charge is -2.42. The fraction of sp³-hybridized carbons (Fsp3) is 1.00. The number of β-amino-alcohol motifs (C(OH)–C–C–N with tert-alkyl or cyclic N) is 1. The van der Waals surface area contributed by atoms with E-state index in [9.17, 15) is 5.11 Å². The number of aliphatic hydroxyl groups excluding tert-OH is 1. The first kappa shape index (κ1) is 11.4. The molecule has 2 rings (SSSR count). The Bertz CT molecular complexity index is 184. The first-order valence-corrected chi connectivity index (χ1v) is 6.40. The van der Waals surface area contributed by atoms with Gasteiger partial charge in [0.15, 0.2) is 0 Å². The van der Waals surface area contributed by atoms with E-state index in [4.69, 9.17) is 0 Å². The van der Waals surface area contributed by atoms with Crippen molar-refractivity contribution in [3.63, 3.8) is 0 Å². The van der Waals surface area contributed by atoms with Gasteiger partial charge in [-0.05, 0) is 32.9 Å². The van der Waals surface area contributed by atoms with Crippen molar-refractivity contribution < 1.29 is 5.11 Å². The van der Waals surface area contributed by atoms with Crippen LogP contribution in [0, 0.1) is 0 Å². The van der Waals surface area contributed by atoms with Crippen LogP contribution in [0.3, 0.4) is 0 Å². The van der Waals surface area contributed by atoms with Crippen molar-refractivity contribution in [3.05, 3.63) is 0 Å². The SMILES string of the molecule is CC(CN1CCCCCC1)N1CC(O)C1. The molecule has 2 aliphatic rings. The van der Waals surface area contributed by atoms with Crippen LogP contribution in [0.5, 0.6) is 0 Å². The van der Waals surface area contributed by atoms with Crippen LogP contribution < -0.4 is 0 Å². The summed E-state index contributed by atoms with van der Waals surface area (Å²) in [6, 6.07) is 0.617. The molecule has 3 heteroatoms. The molecule has 0 bridgehead atoms. The second-order valence-electron chi connectivity index (χ2n) is 5.17. The number of nitrogens with zero attached hydrogens (tertiary/aromatic N) is 2. The molecule has 2 saturated heterocycles. The molecule has 2 aliphatic heterocycles. The van der Waals surface area contributed by atoms with Crippen molar-refractivity contribution in [2.75, 3.05) is 32.7 Å². The minimum atomic E-state index is -0.0587. The van der Waals surface area contributed by atoms with Crippen LogP contribution in [0.25, 0.3) is 0 Å². The van der Waals surface area contributed by atoms with E-state index in [0.717, 1.165) is 13.1 Å². The molecule has 2 fully saturated rings. The van der Waals surface area contributed by atoms with Crippen molar-refractivity contribution >= 4 is 0 Å². The second-order valence-corrected chi connectivity index (χ2v) is 5.17.